The molecule has 1 unspecified atom stereocenters. The zero-order chi connectivity index (χ0) is 15.2. The van der Waals surface area contributed by atoms with Crippen LogP contribution in [0.4, 0.5) is 5.69 Å². The summed E-state index contributed by atoms with van der Waals surface area (Å²) in [5.41, 5.74) is 1.43. The van der Waals surface area contributed by atoms with E-state index in [-0.39, 0.29) is 5.69 Å². The predicted molar refractivity (Wildman–Crippen MR) is 82.0 cm³/mol. The Morgan fingerprint density at radius 1 is 1.38 bits per heavy atom. The molecule has 0 amide bonds. The quantitative estimate of drug-likeness (QED) is 0.603. The second kappa shape index (κ2) is 7.40. The summed E-state index contributed by atoms with van der Waals surface area (Å²) in [6, 6.07) is 6.85. The van der Waals surface area contributed by atoms with Crippen molar-refractivity contribution in [3.05, 3.63) is 52.4 Å². The maximum atomic E-state index is 10.9. The number of carbonyl (C=O) groups is 1. The molecular weight excluding hydrogens is 314 g/mol. The van der Waals surface area contributed by atoms with Gasteiger partial charge in [0.05, 0.1) is 17.0 Å². The molecule has 0 spiro atoms. The fourth-order valence-corrected chi connectivity index (χ4v) is 2.69. The highest BCUT2D eigenvalue weighted by Crippen LogP contribution is 2.29. The Bertz CT molecular complexity index is 643. The van der Waals surface area contributed by atoms with Crippen LogP contribution in [0.2, 0.25) is 5.02 Å². The van der Waals surface area contributed by atoms with Crippen LogP contribution in [0.15, 0.2) is 34.9 Å². The van der Waals surface area contributed by atoms with Crippen LogP contribution in [-0.2, 0) is 24.1 Å². The maximum absolute atomic E-state index is 10.9. The first-order chi connectivity index (χ1) is 10.1. The Hall–Kier alpha value is -1.63. The number of aryl methyl sites for hydroxylation is 2. The van der Waals surface area contributed by atoms with Crippen molar-refractivity contribution in [1.29, 1.82) is 0 Å². The summed E-state index contributed by atoms with van der Waals surface area (Å²) in [6.45, 7) is 0. The van der Waals surface area contributed by atoms with Gasteiger partial charge in [-0.05, 0) is 42.7 Å². The van der Waals surface area contributed by atoms with Crippen LogP contribution in [0, 0.1) is 0 Å². The van der Waals surface area contributed by atoms with Gasteiger partial charge >= 0.3 is 0 Å². The molecule has 0 aliphatic carbocycles. The van der Waals surface area contributed by atoms with Crippen molar-refractivity contribution < 1.29 is 18.0 Å². The molecule has 7 heteroatoms. The van der Waals surface area contributed by atoms with Gasteiger partial charge in [-0.2, -0.15) is 0 Å². The van der Waals surface area contributed by atoms with Gasteiger partial charge in [-0.25, -0.2) is 4.21 Å². The van der Waals surface area contributed by atoms with Gasteiger partial charge in [0.15, 0.2) is 0 Å². The van der Waals surface area contributed by atoms with Crippen molar-refractivity contribution in [1.82, 2.24) is 0 Å². The highest BCUT2D eigenvalue weighted by atomic mass is 35.5. The van der Waals surface area contributed by atoms with Crippen LogP contribution >= 0.6 is 11.6 Å². The lowest BCUT2D eigenvalue weighted by Crippen LogP contribution is -2.05. The van der Waals surface area contributed by atoms with Crippen LogP contribution in [0.1, 0.15) is 28.1 Å². The van der Waals surface area contributed by atoms with E-state index in [1.54, 1.807) is 12.3 Å². The first-order valence-corrected chi connectivity index (χ1v) is 7.76. The number of hydrogen-bond acceptors (Lipinski definition) is 3. The molecule has 0 aliphatic heterocycles. The molecule has 1 aromatic carbocycles. The molecule has 1 heterocycles. The third-order valence-electron chi connectivity index (χ3n) is 2.95. The lowest BCUT2D eigenvalue weighted by molar-refractivity contribution is 0.112. The molecule has 2 N–H and O–H groups in total. The summed E-state index contributed by atoms with van der Waals surface area (Å²) in [7, 11) is 0. The van der Waals surface area contributed by atoms with Gasteiger partial charge in [0, 0.05) is 12.0 Å². The smallest absolute Gasteiger partial charge is 0.259 e. The highest BCUT2D eigenvalue weighted by Gasteiger charge is 2.11. The van der Waals surface area contributed by atoms with Crippen LogP contribution in [0.5, 0.6) is 0 Å². The fourth-order valence-electron chi connectivity index (χ4n) is 2.04. The van der Waals surface area contributed by atoms with Gasteiger partial charge in [0.25, 0.3) is 11.3 Å². The van der Waals surface area contributed by atoms with Crippen LogP contribution in [0.25, 0.3) is 0 Å². The van der Waals surface area contributed by atoms with Gasteiger partial charge in [-0.1, -0.05) is 11.6 Å². The summed E-state index contributed by atoms with van der Waals surface area (Å²) in [6.07, 6.45) is 4.47. The molecule has 0 aliphatic rings. The molecule has 0 fully saturated rings. The first kappa shape index (κ1) is 15.8. The van der Waals surface area contributed by atoms with Gasteiger partial charge in [-0.3, -0.25) is 14.1 Å². The fraction of sp³-hybridized carbons (Fsp3) is 0.214. The third-order valence-corrected chi connectivity index (χ3v) is 3.79. The van der Waals surface area contributed by atoms with E-state index < -0.39 is 11.3 Å². The van der Waals surface area contributed by atoms with E-state index in [0.717, 1.165) is 24.2 Å². The van der Waals surface area contributed by atoms with Gasteiger partial charge in [0.2, 0.25) is 0 Å². The number of anilines is 1. The number of furan rings is 1. The summed E-state index contributed by atoms with van der Waals surface area (Å²) in [4.78, 5) is 10.9. The lowest BCUT2D eigenvalue weighted by atomic mass is 10.0. The van der Waals surface area contributed by atoms with Crippen molar-refractivity contribution in [3.63, 3.8) is 0 Å². The molecule has 0 saturated heterocycles. The van der Waals surface area contributed by atoms with Gasteiger partial charge in [0.1, 0.15) is 12.0 Å². The van der Waals surface area contributed by atoms with Crippen molar-refractivity contribution >= 4 is 34.8 Å². The first-order valence-electron chi connectivity index (χ1n) is 6.27. The normalized spacial score (nSPS) is 12.1. The molecule has 1 atom stereocenters. The number of carbonyl (C=O) groups excluding carboxylic acids is 1. The minimum atomic E-state index is -2.24. The van der Waals surface area contributed by atoms with Crippen molar-refractivity contribution in [2.24, 2.45) is 0 Å². The third kappa shape index (κ3) is 4.42. The van der Waals surface area contributed by atoms with Gasteiger partial charge < -0.3 is 4.42 Å². The number of halogens is 1. The van der Waals surface area contributed by atoms with E-state index in [2.05, 4.69) is 4.72 Å². The second-order valence-corrected chi connectivity index (χ2v) is 5.52. The molecule has 0 bridgehead atoms. The maximum Gasteiger partial charge on any atom is 0.259 e. The number of hydrogen-bond donors (Lipinski definition) is 2. The Morgan fingerprint density at radius 2 is 2.19 bits per heavy atom. The van der Waals surface area contributed by atoms with E-state index in [0.29, 0.717) is 23.3 Å². The molecular formula is C14H14ClNO4S. The molecule has 21 heavy (non-hydrogen) atoms. The van der Waals surface area contributed by atoms with E-state index in [4.69, 9.17) is 20.6 Å². The molecule has 112 valence electrons. The Kier molecular flexibility index (Phi) is 5.55. The second-order valence-electron chi connectivity index (χ2n) is 4.44. The largest absolute Gasteiger partial charge is 0.469 e. The Balaban J connectivity index is 2.13. The summed E-state index contributed by atoms with van der Waals surface area (Å²) in [5, 5.41) is 0.349. The van der Waals surface area contributed by atoms with E-state index in [9.17, 15) is 9.00 Å². The summed E-state index contributed by atoms with van der Waals surface area (Å²) >= 11 is 3.95. The summed E-state index contributed by atoms with van der Waals surface area (Å²) < 4.78 is 27.3. The van der Waals surface area contributed by atoms with Crippen LogP contribution in [-0.4, -0.2) is 15.0 Å². The minimum absolute atomic E-state index is 0.273. The SMILES string of the molecule is O=Cc1cc(CCCc2ccco2)c(Cl)c(NS(=O)O)c1. The van der Waals surface area contributed by atoms with E-state index in [1.807, 2.05) is 12.1 Å². The van der Waals surface area contributed by atoms with Crippen LogP contribution < -0.4 is 4.72 Å². The molecule has 1 aromatic heterocycles. The number of nitrogens with one attached hydrogen (secondary N) is 1. The standard InChI is InChI=1S/C14H14ClNO4S/c15-14-11(3-1-4-12-5-2-6-20-12)7-10(9-17)8-13(14)16-21(18)19/h2,5-9,16H,1,3-4H2,(H,18,19). The predicted octanol–water partition coefficient (Wildman–Crippen LogP) is 3.47. The zero-order valence-corrected chi connectivity index (χ0v) is 12.6. The molecule has 2 aromatic rings. The Labute approximate surface area is 129 Å². The number of aldehydes is 1. The average Bonchev–Trinajstić information content (AvgIpc) is 2.95. The lowest BCUT2D eigenvalue weighted by Gasteiger charge is -2.10. The minimum Gasteiger partial charge on any atom is -0.469 e. The summed E-state index contributed by atoms with van der Waals surface area (Å²) in [5.74, 6) is 0.882. The van der Waals surface area contributed by atoms with Crippen molar-refractivity contribution in [2.75, 3.05) is 4.72 Å². The number of benzene rings is 1. The topological polar surface area (TPSA) is 79.5 Å². The monoisotopic (exact) mass is 327 g/mol. The zero-order valence-electron chi connectivity index (χ0n) is 11.0. The average molecular weight is 328 g/mol. The molecule has 0 saturated carbocycles. The van der Waals surface area contributed by atoms with Crippen molar-refractivity contribution in [3.8, 4) is 0 Å². The van der Waals surface area contributed by atoms with Crippen LogP contribution in [0.3, 0.4) is 0 Å². The molecule has 5 nitrogen and oxygen atoms in total. The molecule has 2 rings (SSSR count). The van der Waals surface area contributed by atoms with Crippen molar-refractivity contribution in [2.45, 2.75) is 19.3 Å². The van der Waals surface area contributed by atoms with E-state index in [1.165, 1.54) is 6.07 Å². The highest BCUT2D eigenvalue weighted by molar-refractivity contribution is 7.80. The Morgan fingerprint density at radius 3 is 2.81 bits per heavy atom. The van der Waals surface area contributed by atoms with Gasteiger partial charge in [-0.15, -0.1) is 0 Å². The number of rotatable bonds is 7. The molecule has 0 radical (unpaired) electrons. The van der Waals surface area contributed by atoms with E-state index >= 15 is 0 Å².